The predicted octanol–water partition coefficient (Wildman–Crippen LogP) is 3.51. The molecule has 0 radical (unpaired) electrons. The molecule has 0 saturated carbocycles. The second kappa shape index (κ2) is 7.80. The number of benzene rings is 3. The maximum atomic E-state index is 13.4. The number of carbonyl (C=O) groups excluding carboxylic acids is 2. The van der Waals surface area contributed by atoms with Gasteiger partial charge in [-0.1, -0.05) is 48.5 Å². The summed E-state index contributed by atoms with van der Waals surface area (Å²) in [4.78, 5) is 28.8. The van der Waals surface area contributed by atoms with Crippen LogP contribution in [0, 0.1) is 5.82 Å². The van der Waals surface area contributed by atoms with E-state index in [-0.39, 0.29) is 11.8 Å². The van der Waals surface area contributed by atoms with Crippen LogP contribution < -0.4 is 0 Å². The normalized spacial score (nSPS) is 14.3. The Morgan fingerprint density at radius 1 is 0.821 bits per heavy atom. The minimum atomic E-state index is -0.422. The summed E-state index contributed by atoms with van der Waals surface area (Å²) in [5, 5.41) is 2.22. The monoisotopic (exact) mass is 376 g/mol. The van der Waals surface area contributed by atoms with Gasteiger partial charge < -0.3 is 9.80 Å². The van der Waals surface area contributed by atoms with Gasteiger partial charge in [0.05, 0.1) is 6.42 Å². The number of hydrogen-bond donors (Lipinski definition) is 0. The van der Waals surface area contributed by atoms with Crippen molar-refractivity contribution in [1.29, 1.82) is 0 Å². The standard InChI is InChI=1S/C23H21FN2O2/c24-20-9-4-8-19(15-20)23(28)26-13-11-25(12-14-26)22(27)16-18-7-3-6-17-5-1-2-10-21(17)18/h1-10,15H,11-14,16H2. The smallest absolute Gasteiger partial charge is 0.254 e. The predicted molar refractivity (Wildman–Crippen MR) is 107 cm³/mol. The SMILES string of the molecule is O=C(Cc1cccc2ccccc12)N1CCN(C(=O)c2cccc(F)c2)CC1. The van der Waals surface area contributed by atoms with Crippen molar-refractivity contribution >= 4 is 22.6 Å². The van der Waals surface area contributed by atoms with Crippen LogP contribution in [0.1, 0.15) is 15.9 Å². The van der Waals surface area contributed by atoms with Gasteiger partial charge in [-0.2, -0.15) is 0 Å². The van der Waals surface area contributed by atoms with Crippen molar-refractivity contribution in [2.24, 2.45) is 0 Å². The first-order valence-electron chi connectivity index (χ1n) is 9.41. The lowest BCUT2D eigenvalue weighted by atomic mass is 10.0. The van der Waals surface area contributed by atoms with E-state index >= 15 is 0 Å². The highest BCUT2D eigenvalue weighted by molar-refractivity contribution is 5.94. The topological polar surface area (TPSA) is 40.6 Å². The molecule has 1 aliphatic rings. The highest BCUT2D eigenvalue weighted by atomic mass is 19.1. The van der Waals surface area contributed by atoms with Crippen molar-refractivity contribution in [2.45, 2.75) is 6.42 Å². The molecule has 0 bridgehead atoms. The summed E-state index contributed by atoms with van der Waals surface area (Å²) in [5.74, 6) is -0.551. The zero-order valence-electron chi connectivity index (χ0n) is 15.5. The maximum absolute atomic E-state index is 13.4. The number of carbonyl (C=O) groups is 2. The van der Waals surface area contributed by atoms with E-state index in [1.165, 1.54) is 18.2 Å². The van der Waals surface area contributed by atoms with Crippen LogP contribution in [0.3, 0.4) is 0 Å². The third-order valence-corrected chi connectivity index (χ3v) is 5.21. The molecule has 0 atom stereocenters. The van der Waals surface area contributed by atoms with Crippen LogP contribution in [0.4, 0.5) is 4.39 Å². The Kier molecular flexibility index (Phi) is 5.06. The Labute approximate surface area is 163 Å². The molecule has 0 spiro atoms. The van der Waals surface area contributed by atoms with Crippen molar-refractivity contribution in [2.75, 3.05) is 26.2 Å². The molecule has 2 amide bonds. The molecule has 3 aromatic rings. The number of nitrogens with zero attached hydrogens (tertiary/aromatic N) is 2. The molecule has 28 heavy (non-hydrogen) atoms. The maximum Gasteiger partial charge on any atom is 0.254 e. The van der Waals surface area contributed by atoms with Crippen molar-refractivity contribution in [3.05, 3.63) is 83.7 Å². The number of halogens is 1. The van der Waals surface area contributed by atoms with Crippen molar-refractivity contribution in [1.82, 2.24) is 9.80 Å². The molecule has 142 valence electrons. The third kappa shape index (κ3) is 3.74. The van der Waals surface area contributed by atoms with Crippen LogP contribution in [0.5, 0.6) is 0 Å². The quantitative estimate of drug-likeness (QED) is 0.702. The third-order valence-electron chi connectivity index (χ3n) is 5.21. The molecular formula is C23H21FN2O2. The van der Waals surface area contributed by atoms with E-state index in [0.717, 1.165) is 16.3 Å². The van der Waals surface area contributed by atoms with Gasteiger partial charge in [0.15, 0.2) is 0 Å². The van der Waals surface area contributed by atoms with Crippen LogP contribution in [0.15, 0.2) is 66.7 Å². The summed E-state index contributed by atoms with van der Waals surface area (Å²) in [6, 6.07) is 19.8. The van der Waals surface area contributed by atoms with Crippen LogP contribution in [0.25, 0.3) is 10.8 Å². The molecule has 4 rings (SSSR count). The Morgan fingerprint density at radius 3 is 2.29 bits per heavy atom. The summed E-state index contributed by atoms with van der Waals surface area (Å²) in [5.41, 5.74) is 1.36. The van der Waals surface area contributed by atoms with E-state index in [1.54, 1.807) is 15.9 Å². The first kappa shape index (κ1) is 18.2. The lowest BCUT2D eigenvalue weighted by molar-refractivity contribution is -0.131. The van der Waals surface area contributed by atoms with E-state index in [2.05, 4.69) is 0 Å². The van der Waals surface area contributed by atoms with Gasteiger partial charge in [0.25, 0.3) is 5.91 Å². The number of hydrogen-bond acceptors (Lipinski definition) is 2. The second-order valence-corrected chi connectivity index (χ2v) is 7.00. The number of rotatable bonds is 3. The molecule has 0 aromatic heterocycles. The van der Waals surface area contributed by atoms with E-state index in [1.807, 2.05) is 42.5 Å². The van der Waals surface area contributed by atoms with Gasteiger partial charge in [-0.3, -0.25) is 9.59 Å². The number of piperazine rings is 1. The summed E-state index contributed by atoms with van der Waals surface area (Å²) in [6.45, 7) is 1.89. The van der Waals surface area contributed by atoms with E-state index in [0.29, 0.717) is 38.2 Å². The molecule has 4 nitrogen and oxygen atoms in total. The Hall–Kier alpha value is -3.21. The van der Waals surface area contributed by atoms with Crippen LogP contribution in [-0.4, -0.2) is 47.8 Å². The number of amides is 2. The highest BCUT2D eigenvalue weighted by Gasteiger charge is 2.25. The summed E-state index contributed by atoms with van der Waals surface area (Å²) < 4.78 is 13.4. The fourth-order valence-corrected chi connectivity index (χ4v) is 3.68. The Morgan fingerprint density at radius 2 is 1.50 bits per heavy atom. The average molecular weight is 376 g/mol. The van der Waals surface area contributed by atoms with Crippen molar-refractivity contribution in [3.63, 3.8) is 0 Å². The lowest BCUT2D eigenvalue weighted by Crippen LogP contribution is -2.51. The minimum absolute atomic E-state index is 0.0641. The minimum Gasteiger partial charge on any atom is -0.339 e. The second-order valence-electron chi connectivity index (χ2n) is 7.00. The molecule has 1 fully saturated rings. The lowest BCUT2D eigenvalue weighted by Gasteiger charge is -2.35. The van der Waals surface area contributed by atoms with Crippen LogP contribution in [-0.2, 0) is 11.2 Å². The first-order chi connectivity index (χ1) is 13.6. The van der Waals surface area contributed by atoms with Crippen molar-refractivity contribution in [3.8, 4) is 0 Å². The van der Waals surface area contributed by atoms with Crippen LogP contribution in [0.2, 0.25) is 0 Å². The molecule has 1 heterocycles. The van der Waals surface area contributed by atoms with E-state index in [9.17, 15) is 14.0 Å². The number of fused-ring (bicyclic) bond motifs is 1. The van der Waals surface area contributed by atoms with Gasteiger partial charge in [-0.25, -0.2) is 4.39 Å². The summed E-state index contributed by atoms with van der Waals surface area (Å²) >= 11 is 0. The average Bonchev–Trinajstić information content (AvgIpc) is 2.73. The van der Waals surface area contributed by atoms with Gasteiger partial charge >= 0.3 is 0 Å². The molecule has 1 saturated heterocycles. The van der Waals surface area contributed by atoms with E-state index in [4.69, 9.17) is 0 Å². The van der Waals surface area contributed by atoms with Gasteiger partial charge in [0.2, 0.25) is 5.91 Å². The van der Waals surface area contributed by atoms with Crippen molar-refractivity contribution < 1.29 is 14.0 Å². The molecule has 0 N–H and O–H groups in total. The molecular weight excluding hydrogens is 355 g/mol. The zero-order chi connectivity index (χ0) is 19.5. The van der Waals surface area contributed by atoms with E-state index < -0.39 is 5.82 Å². The van der Waals surface area contributed by atoms with Gasteiger partial charge in [0, 0.05) is 31.7 Å². The van der Waals surface area contributed by atoms with Crippen LogP contribution >= 0.6 is 0 Å². The fraction of sp³-hybridized carbons (Fsp3) is 0.217. The Bertz CT molecular complexity index is 1020. The van der Waals surface area contributed by atoms with Gasteiger partial charge in [0.1, 0.15) is 5.82 Å². The molecule has 0 aliphatic carbocycles. The molecule has 0 unspecified atom stereocenters. The zero-order valence-corrected chi connectivity index (χ0v) is 15.5. The molecule has 1 aliphatic heterocycles. The molecule has 5 heteroatoms. The molecule has 3 aromatic carbocycles. The Balaban J connectivity index is 1.39. The summed E-state index contributed by atoms with van der Waals surface area (Å²) in [7, 11) is 0. The first-order valence-corrected chi connectivity index (χ1v) is 9.41. The van der Waals surface area contributed by atoms with Gasteiger partial charge in [-0.05, 0) is 34.5 Å². The fourth-order valence-electron chi connectivity index (χ4n) is 3.68. The van der Waals surface area contributed by atoms with Gasteiger partial charge in [-0.15, -0.1) is 0 Å². The highest BCUT2D eigenvalue weighted by Crippen LogP contribution is 2.20. The summed E-state index contributed by atoms with van der Waals surface area (Å²) in [6.07, 6.45) is 0.346. The largest absolute Gasteiger partial charge is 0.339 e.